The predicted molar refractivity (Wildman–Crippen MR) is 92.4 cm³/mol. The fraction of sp³-hybridized carbons (Fsp3) is 0.111. The molecule has 0 amide bonds. The summed E-state index contributed by atoms with van der Waals surface area (Å²) in [5.74, 6) is -1.44. The summed E-state index contributed by atoms with van der Waals surface area (Å²) in [5.41, 5.74) is -2.06. The van der Waals surface area contributed by atoms with Gasteiger partial charge >= 0.3 is 12.3 Å². The first-order valence-corrected chi connectivity index (χ1v) is 8.04. The maximum Gasteiger partial charge on any atom is 0.511 e. The summed E-state index contributed by atoms with van der Waals surface area (Å²) in [5, 5.41) is 8.57. The average molecular weight is 416 g/mol. The van der Waals surface area contributed by atoms with Crippen LogP contribution in [0.25, 0.3) is 10.9 Å². The lowest BCUT2D eigenvalue weighted by molar-refractivity contribution is -0.137. The molecule has 2 aromatic carbocycles. The highest BCUT2D eigenvalue weighted by molar-refractivity contribution is 6.31. The predicted octanol–water partition coefficient (Wildman–Crippen LogP) is 4.92. The van der Waals surface area contributed by atoms with Crippen molar-refractivity contribution < 1.29 is 32.2 Å². The first-order valence-electron chi connectivity index (χ1n) is 7.66. The fourth-order valence-corrected chi connectivity index (χ4v) is 2.91. The van der Waals surface area contributed by atoms with Crippen molar-refractivity contribution in [1.82, 2.24) is 4.57 Å². The molecule has 0 radical (unpaired) electrons. The molecule has 146 valence electrons. The SMILES string of the molecule is O=C(O)Oc1cn(Cc2cc(C(F)(F)F)ccc2Cl)c2c(F)cccc2c1=O. The van der Waals surface area contributed by atoms with Gasteiger partial charge < -0.3 is 14.4 Å². The van der Waals surface area contributed by atoms with Crippen molar-refractivity contribution in [2.45, 2.75) is 12.7 Å². The van der Waals surface area contributed by atoms with Crippen LogP contribution in [0.15, 0.2) is 47.4 Å². The zero-order chi connectivity index (χ0) is 20.6. The summed E-state index contributed by atoms with van der Waals surface area (Å²) in [6, 6.07) is 6.20. The number of halogens is 5. The number of hydrogen-bond donors (Lipinski definition) is 1. The van der Waals surface area contributed by atoms with Crippen LogP contribution in [0.2, 0.25) is 5.02 Å². The number of alkyl halides is 3. The lowest BCUT2D eigenvalue weighted by atomic mass is 10.1. The molecule has 1 heterocycles. The minimum absolute atomic E-state index is 0.00836. The van der Waals surface area contributed by atoms with Crippen molar-refractivity contribution in [1.29, 1.82) is 0 Å². The smallest absolute Gasteiger partial charge is 0.449 e. The van der Waals surface area contributed by atoms with E-state index in [0.717, 1.165) is 35.0 Å². The number of aromatic nitrogens is 1. The van der Waals surface area contributed by atoms with Crippen LogP contribution >= 0.6 is 11.6 Å². The van der Waals surface area contributed by atoms with Crippen LogP contribution < -0.4 is 10.2 Å². The van der Waals surface area contributed by atoms with E-state index in [0.29, 0.717) is 0 Å². The first kappa shape index (κ1) is 19.7. The molecule has 0 aliphatic rings. The summed E-state index contributed by atoms with van der Waals surface area (Å²) in [4.78, 5) is 23.1. The Labute approximate surface area is 159 Å². The molecule has 0 fully saturated rings. The maximum absolute atomic E-state index is 14.4. The van der Waals surface area contributed by atoms with Crippen LogP contribution in [0.1, 0.15) is 11.1 Å². The lowest BCUT2D eigenvalue weighted by Gasteiger charge is -2.16. The van der Waals surface area contributed by atoms with Crippen LogP contribution in [0.4, 0.5) is 22.4 Å². The summed E-state index contributed by atoms with van der Waals surface area (Å²) in [7, 11) is 0. The molecule has 0 spiro atoms. The Kier molecular flexibility index (Phi) is 5.03. The van der Waals surface area contributed by atoms with Crippen LogP contribution in [0, 0.1) is 5.82 Å². The highest BCUT2D eigenvalue weighted by atomic mass is 35.5. The largest absolute Gasteiger partial charge is 0.511 e. The Morgan fingerprint density at radius 3 is 2.57 bits per heavy atom. The number of carboxylic acid groups (broad SMARTS) is 1. The van der Waals surface area contributed by atoms with Gasteiger partial charge in [0.15, 0.2) is 5.75 Å². The third-order valence-corrected chi connectivity index (χ3v) is 4.30. The quantitative estimate of drug-likeness (QED) is 0.487. The number of carbonyl (C=O) groups is 1. The lowest BCUT2D eigenvalue weighted by Crippen LogP contribution is -2.17. The van der Waals surface area contributed by atoms with Crippen molar-refractivity contribution >= 4 is 28.7 Å². The van der Waals surface area contributed by atoms with E-state index >= 15 is 0 Å². The molecule has 1 N–H and O–H groups in total. The number of ether oxygens (including phenoxy) is 1. The standard InChI is InChI=1S/C18H10ClF4NO4/c19-12-5-4-10(18(21,22)23)6-9(12)7-24-8-14(28-17(26)27)16(25)11-2-1-3-13(20)15(11)24/h1-6,8H,7H2,(H,26,27). The number of rotatable bonds is 3. The van der Waals surface area contributed by atoms with E-state index in [1.165, 1.54) is 12.1 Å². The highest BCUT2D eigenvalue weighted by Crippen LogP contribution is 2.32. The van der Waals surface area contributed by atoms with E-state index in [4.69, 9.17) is 16.7 Å². The number of fused-ring (bicyclic) bond motifs is 1. The van der Waals surface area contributed by atoms with Gasteiger partial charge in [-0.1, -0.05) is 17.7 Å². The van der Waals surface area contributed by atoms with E-state index < -0.39 is 34.9 Å². The molecule has 5 nitrogen and oxygen atoms in total. The third kappa shape index (κ3) is 3.79. The van der Waals surface area contributed by atoms with Gasteiger partial charge in [0, 0.05) is 11.6 Å². The Hall–Kier alpha value is -3.07. The summed E-state index contributed by atoms with van der Waals surface area (Å²) in [6.07, 6.45) is -5.47. The molecule has 10 heteroatoms. The van der Waals surface area contributed by atoms with Gasteiger partial charge in [-0.15, -0.1) is 0 Å². The molecule has 3 aromatic rings. The zero-order valence-corrected chi connectivity index (χ0v) is 14.5. The third-order valence-electron chi connectivity index (χ3n) is 3.93. The van der Waals surface area contributed by atoms with Gasteiger partial charge in [0.25, 0.3) is 0 Å². The van der Waals surface area contributed by atoms with Gasteiger partial charge in [-0.05, 0) is 35.9 Å². The van der Waals surface area contributed by atoms with Gasteiger partial charge in [-0.25, -0.2) is 9.18 Å². The highest BCUT2D eigenvalue weighted by Gasteiger charge is 2.31. The van der Waals surface area contributed by atoms with Gasteiger partial charge in [0.05, 0.1) is 22.7 Å². The van der Waals surface area contributed by atoms with Crippen molar-refractivity contribution in [2.75, 3.05) is 0 Å². The fourth-order valence-electron chi connectivity index (χ4n) is 2.74. The van der Waals surface area contributed by atoms with Crippen molar-refractivity contribution in [2.24, 2.45) is 0 Å². The van der Waals surface area contributed by atoms with Crippen LogP contribution in [0.3, 0.4) is 0 Å². The molecule has 0 bridgehead atoms. The van der Waals surface area contributed by atoms with Gasteiger partial charge in [-0.3, -0.25) is 4.79 Å². The molecule has 0 saturated heterocycles. The van der Waals surface area contributed by atoms with Crippen LogP contribution in [-0.2, 0) is 12.7 Å². The number of nitrogens with zero attached hydrogens (tertiary/aromatic N) is 1. The molecule has 0 unspecified atom stereocenters. The van der Waals surface area contributed by atoms with E-state index in [9.17, 15) is 27.2 Å². The second-order valence-corrected chi connectivity index (χ2v) is 6.17. The van der Waals surface area contributed by atoms with Crippen molar-refractivity contribution in [3.8, 4) is 5.75 Å². The Morgan fingerprint density at radius 2 is 1.93 bits per heavy atom. The van der Waals surface area contributed by atoms with Gasteiger partial charge in [-0.2, -0.15) is 13.2 Å². The van der Waals surface area contributed by atoms with Gasteiger partial charge in [0.2, 0.25) is 5.43 Å². The summed E-state index contributed by atoms with van der Waals surface area (Å²) >= 11 is 5.98. The number of pyridine rings is 1. The summed E-state index contributed by atoms with van der Waals surface area (Å²) in [6.45, 7) is -0.365. The maximum atomic E-state index is 14.4. The second-order valence-electron chi connectivity index (χ2n) is 5.76. The number of para-hydroxylation sites is 1. The molecule has 0 aliphatic carbocycles. The molecular formula is C18H10ClF4NO4. The minimum Gasteiger partial charge on any atom is -0.449 e. The van der Waals surface area contributed by atoms with Crippen molar-refractivity contribution in [3.63, 3.8) is 0 Å². The average Bonchev–Trinajstić information content (AvgIpc) is 2.59. The molecule has 0 aliphatic heterocycles. The molecule has 28 heavy (non-hydrogen) atoms. The molecule has 1 aromatic heterocycles. The monoisotopic (exact) mass is 415 g/mol. The van der Waals surface area contributed by atoms with E-state index in [1.807, 2.05) is 0 Å². The second kappa shape index (κ2) is 7.16. The molecule has 0 saturated carbocycles. The van der Waals surface area contributed by atoms with Crippen molar-refractivity contribution in [3.05, 3.63) is 74.8 Å². The van der Waals surface area contributed by atoms with E-state index in [-0.39, 0.29) is 28.0 Å². The van der Waals surface area contributed by atoms with Crippen LogP contribution in [0.5, 0.6) is 5.75 Å². The molecule has 3 rings (SSSR count). The van der Waals surface area contributed by atoms with E-state index in [1.54, 1.807) is 0 Å². The van der Waals surface area contributed by atoms with E-state index in [2.05, 4.69) is 4.74 Å². The first-order chi connectivity index (χ1) is 13.1. The number of benzene rings is 2. The topological polar surface area (TPSA) is 68.5 Å². The van der Waals surface area contributed by atoms with Crippen LogP contribution in [-0.4, -0.2) is 15.8 Å². The molecular weight excluding hydrogens is 406 g/mol. The minimum atomic E-state index is -4.62. The Balaban J connectivity index is 2.22. The summed E-state index contributed by atoms with van der Waals surface area (Å²) < 4.78 is 58.8. The normalized spacial score (nSPS) is 11.6. The Bertz CT molecular complexity index is 1140. The zero-order valence-electron chi connectivity index (χ0n) is 13.8. The number of hydrogen-bond acceptors (Lipinski definition) is 3. The Morgan fingerprint density at radius 1 is 1.21 bits per heavy atom. The van der Waals surface area contributed by atoms with Gasteiger partial charge in [0.1, 0.15) is 5.82 Å². The molecule has 0 atom stereocenters.